The van der Waals surface area contributed by atoms with Crippen LogP contribution < -0.4 is 10.6 Å². The highest BCUT2D eigenvalue weighted by molar-refractivity contribution is 5.82. The first-order valence-electron chi connectivity index (χ1n) is 12.3. The van der Waals surface area contributed by atoms with Crippen molar-refractivity contribution < 1.29 is 13.2 Å². The maximum absolute atomic E-state index is 13.4. The number of nitrogens with one attached hydrogen (secondary N) is 2. The fourth-order valence-electron chi connectivity index (χ4n) is 5.91. The van der Waals surface area contributed by atoms with Crippen molar-refractivity contribution in [1.29, 1.82) is 0 Å². The molecular formula is C29H31F3N4. The van der Waals surface area contributed by atoms with Gasteiger partial charge in [-0.2, -0.15) is 13.2 Å². The summed E-state index contributed by atoms with van der Waals surface area (Å²) in [6.07, 6.45) is 1.65. The lowest BCUT2D eigenvalue weighted by atomic mass is 9.73. The van der Waals surface area contributed by atoms with E-state index in [4.69, 9.17) is 0 Å². The first kappa shape index (κ1) is 24.4. The molecule has 2 aromatic carbocycles. The second-order valence-electron chi connectivity index (χ2n) is 9.97. The minimum absolute atomic E-state index is 0.113. The van der Waals surface area contributed by atoms with Gasteiger partial charge in [-0.25, -0.2) is 0 Å². The number of aromatic nitrogens is 1. The van der Waals surface area contributed by atoms with Crippen molar-refractivity contribution in [3.63, 3.8) is 0 Å². The number of alkyl halides is 3. The third-order valence-corrected chi connectivity index (χ3v) is 7.59. The van der Waals surface area contributed by atoms with Crippen LogP contribution in [0.2, 0.25) is 0 Å². The summed E-state index contributed by atoms with van der Waals surface area (Å²) < 4.78 is 40.1. The van der Waals surface area contributed by atoms with E-state index in [1.54, 1.807) is 13.0 Å². The van der Waals surface area contributed by atoms with Crippen LogP contribution in [0.1, 0.15) is 35.6 Å². The van der Waals surface area contributed by atoms with Crippen LogP contribution in [0, 0.1) is 18.8 Å². The Morgan fingerprint density at radius 2 is 2.00 bits per heavy atom. The first-order valence-corrected chi connectivity index (χ1v) is 12.3. The molecule has 3 aliphatic rings. The van der Waals surface area contributed by atoms with E-state index in [1.807, 2.05) is 30.5 Å². The number of rotatable bonds is 7. The highest BCUT2D eigenvalue weighted by Crippen LogP contribution is 2.42. The molecule has 2 bridgehead atoms. The van der Waals surface area contributed by atoms with E-state index >= 15 is 0 Å². The minimum atomic E-state index is -4.41. The number of hydrogen-bond acceptors (Lipinski definition) is 4. The fraction of sp³-hybridized carbons (Fsp3) is 0.345. The van der Waals surface area contributed by atoms with E-state index < -0.39 is 11.7 Å². The molecule has 0 radical (unpaired) electrons. The Labute approximate surface area is 209 Å². The molecule has 3 fully saturated rings. The molecule has 0 amide bonds. The Morgan fingerprint density at radius 1 is 1.19 bits per heavy atom. The molecule has 2 N–H and O–H groups in total. The van der Waals surface area contributed by atoms with Crippen molar-refractivity contribution in [2.24, 2.45) is 11.8 Å². The number of para-hydroxylation sites is 1. The molecule has 3 saturated heterocycles. The summed E-state index contributed by atoms with van der Waals surface area (Å²) in [5.74, 6) is 1.52. The molecular weight excluding hydrogens is 461 g/mol. The summed E-state index contributed by atoms with van der Waals surface area (Å²) in [5, 5.41) is 7.71. The number of benzene rings is 2. The smallest absolute Gasteiger partial charge is 0.364 e. The average molecular weight is 493 g/mol. The van der Waals surface area contributed by atoms with Crippen molar-refractivity contribution in [2.75, 3.05) is 18.4 Å². The van der Waals surface area contributed by atoms with Gasteiger partial charge in [0.2, 0.25) is 0 Å². The van der Waals surface area contributed by atoms with Crippen molar-refractivity contribution in [3.05, 3.63) is 96.5 Å². The quantitative estimate of drug-likeness (QED) is 0.361. The topological polar surface area (TPSA) is 40.2 Å². The summed E-state index contributed by atoms with van der Waals surface area (Å²) in [5.41, 5.74) is 2.23. The van der Waals surface area contributed by atoms with Gasteiger partial charge in [0, 0.05) is 29.9 Å². The van der Waals surface area contributed by atoms with Crippen LogP contribution in [-0.4, -0.2) is 29.0 Å². The molecule has 7 heteroatoms. The Morgan fingerprint density at radius 3 is 2.72 bits per heavy atom. The van der Waals surface area contributed by atoms with Gasteiger partial charge in [0.15, 0.2) is 0 Å². The Kier molecular flexibility index (Phi) is 6.51. The van der Waals surface area contributed by atoms with Crippen LogP contribution in [0.15, 0.2) is 79.8 Å². The molecule has 36 heavy (non-hydrogen) atoms. The van der Waals surface area contributed by atoms with Gasteiger partial charge < -0.3 is 10.6 Å². The molecule has 5 atom stereocenters. The number of pyridine rings is 1. The molecule has 0 saturated carbocycles. The van der Waals surface area contributed by atoms with E-state index in [0.29, 0.717) is 28.9 Å². The van der Waals surface area contributed by atoms with Crippen molar-refractivity contribution in [3.8, 4) is 0 Å². The van der Waals surface area contributed by atoms with Gasteiger partial charge in [-0.05, 0) is 79.6 Å². The van der Waals surface area contributed by atoms with Gasteiger partial charge in [0.25, 0.3) is 0 Å². The van der Waals surface area contributed by atoms with Crippen LogP contribution in [0.5, 0.6) is 0 Å². The van der Waals surface area contributed by atoms with Crippen LogP contribution in [-0.2, 0) is 6.18 Å². The molecule has 188 valence electrons. The number of nitrogens with zero attached hydrogens (tertiary/aromatic N) is 2. The van der Waals surface area contributed by atoms with E-state index in [-0.39, 0.29) is 12.1 Å². The lowest BCUT2D eigenvalue weighted by Crippen LogP contribution is -2.57. The monoisotopic (exact) mass is 492 g/mol. The number of aryl methyl sites for hydroxylation is 1. The number of anilines is 1. The summed E-state index contributed by atoms with van der Waals surface area (Å²) in [7, 11) is 0. The Balaban J connectivity index is 1.47. The SMILES string of the molecule is C=CC1CN2CCC1CC2[C@H](NC(=C)Nc1cc(C)cc(C(F)(F)F)c1)c1ccnc2ccccc12. The summed E-state index contributed by atoms with van der Waals surface area (Å²) in [6, 6.07) is 14.1. The van der Waals surface area contributed by atoms with Crippen LogP contribution >= 0.6 is 0 Å². The third kappa shape index (κ3) is 4.85. The van der Waals surface area contributed by atoms with Crippen molar-refractivity contribution in [2.45, 2.75) is 38.0 Å². The zero-order valence-corrected chi connectivity index (χ0v) is 20.4. The molecule has 1 aromatic heterocycles. The molecule has 4 unspecified atom stereocenters. The maximum atomic E-state index is 13.4. The van der Waals surface area contributed by atoms with Crippen LogP contribution in [0.4, 0.5) is 18.9 Å². The number of hydrogen-bond donors (Lipinski definition) is 2. The molecule has 3 aromatic rings. The van der Waals surface area contributed by atoms with Gasteiger partial charge in [-0.15, -0.1) is 6.58 Å². The zero-order valence-electron chi connectivity index (χ0n) is 20.4. The second kappa shape index (κ2) is 9.62. The molecule has 4 heterocycles. The molecule has 6 rings (SSSR count). The first-order chi connectivity index (χ1) is 17.2. The highest BCUT2D eigenvalue weighted by Gasteiger charge is 2.43. The predicted molar refractivity (Wildman–Crippen MR) is 138 cm³/mol. The van der Waals surface area contributed by atoms with Crippen LogP contribution in [0.3, 0.4) is 0 Å². The minimum Gasteiger partial charge on any atom is -0.364 e. The number of halogens is 3. The summed E-state index contributed by atoms with van der Waals surface area (Å²) in [4.78, 5) is 7.05. The highest BCUT2D eigenvalue weighted by atomic mass is 19.4. The van der Waals surface area contributed by atoms with E-state index in [0.717, 1.165) is 54.5 Å². The lowest BCUT2D eigenvalue weighted by Gasteiger charge is -2.52. The van der Waals surface area contributed by atoms with Crippen LogP contribution in [0.25, 0.3) is 10.9 Å². The van der Waals surface area contributed by atoms with Crippen molar-refractivity contribution >= 4 is 16.6 Å². The van der Waals surface area contributed by atoms with Gasteiger partial charge in [0.05, 0.1) is 22.9 Å². The lowest BCUT2D eigenvalue weighted by molar-refractivity contribution is -0.137. The average Bonchev–Trinajstić information content (AvgIpc) is 2.86. The fourth-order valence-corrected chi connectivity index (χ4v) is 5.91. The normalized spacial score (nSPS) is 24.3. The molecule has 0 aliphatic carbocycles. The van der Waals surface area contributed by atoms with E-state index in [2.05, 4.69) is 45.8 Å². The maximum Gasteiger partial charge on any atom is 0.416 e. The summed E-state index contributed by atoms with van der Waals surface area (Å²) in [6.45, 7) is 11.8. The van der Waals surface area contributed by atoms with Gasteiger partial charge in [0.1, 0.15) is 0 Å². The van der Waals surface area contributed by atoms with E-state index in [1.165, 1.54) is 0 Å². The molecule has 0 spiro atoms. The largest absolute Gasteiger partial charge is 0.416 e. The molecule has 4 nitrogen and oxygen atoms in total. The van der Waals surface area contributed by atoms with Gasteiger partial charge in [-0.3, -0.25) is 9.88 Å². The van der Waals surface area contributed by atoms with Crippen molar-refractivity contribution in [1.82, 2.24) is 15.2 Å². The Hall–Kier alpha value is -3.32. The number of fused-ring (bicyclic) bond motifs is 4. The third-order valence-electron chi connectivity index (χ3n) is 7.59. The standard InChI is InChI=1S/C29H31F3N4/c1-4-20-17-36-12-10-21(20)15-27(36)28(25-9-11-33-26-8-6-5-7-24(25)26)35-19(3)34-23-14-18(2)13-22(16-23)29(30,31)32/h4-9,11,13-14,16,20-21,27-28,34-35H,1,3,10,12,15,17H2,2H3/t20?,21?,27?,28-/m1/s1. The zero-order chi connectivity index (χ0) is 25.4. The van der Waals surface area contributed by atoms with Gasteiger partial charge in [-0.1, -0.05) is 30.9 Å². The summed E-state index contributed by atoms with van der Waals surface area (Å²) >= 11 is 0. The second-order valence-corrected chi connectivity index (χ2v) is 9.97. The molecule has 3 aliphatic heterocycles. The van der Waals surface area contributed by atoms with E-state index in [9.17, 15) is 13.2 Å². The number of piperidine rings is 3. The Bertz CT molecular complexity index is 1280. The predicted octanol–water partition coefficient (Wildman–Crippen LogP) is 6.67. The van der Waals surface area contributed by atoms with Gasteiger partial charge >= 0.3 is 6.18 Å².